The number of nitrogens with zero attached hydrogens (tertiary/aromatic N) is 2. The van der Waals surface area contributed by atoms with Gasteiger partial charge in [0.1, 0.15) is 5.15 Å². The van der Waals surface area contributed by atoms with Gasteiger partial charge in [-0.25, -0.2) is 4.79 Å². The molecule has 0 amide bonds. The molecule has 4 nitrogen and oxygen atoms in total. The van der Waals surface area contributed by atoms with Crippen LogP contribution in [-0.2, 0) is 16.6 Å². The Kier molecular flexibility index (Phi) is 3.71. The van der Waals surface area contributed by atoms with Crippen LogP contribution >= 0.6 is 11.6 Å². The summed E-state index contributed by atoms with van der Waals surface area (Å²) in [6.45, 7) is 2.12. The second-order valence-electron chi connectivity index (χ2n) is 2.60. The highest BCUT2D eigenvalue weighted by Gasteiger charge is 2.02. The van der Waals surface area contributed by atoms with Crippen LogP contribution < -0.4 is 0 Å². The van der Waals surface area contributed by atoms with Crippen molar-refractivity contribution in [1.29, 1.82) is 0 Å². The van der Waals surface area contributed by atoms with Gasteiger partial charge in [-0.1, -0.05) is 11.6 Å². The van der Waals surface area contributed by atoms with Gasteiger partial charge in [0.25, 0.3) is 0 Å². The molecule has 0 bridgehead atoms. The molecule has 0 aliphatic heterocycles. The van der Waals surface area contributed by atoms with E-state index in [4.69, 9.17) is 16.3 Å². The maximum Gasteiger partial charge on any atom is 0.330 e. The van der Waals surface area contributed by atoms with E-state index < -0.39 is 0 Å². The third kappa shape index (κ3) is 2.60. The summed E-state index contributed by atoms with van der Waals surface area (Å²) in [7, 11) is 1.73. The lowest BCUT2D eigenvalue weighted by Gasteiger charge is -1.94. The molecular weight excluding hydrogens is 204 g/mol. The van der Waals surface area contributed by atoms with E-state index in [0.717, 1.165) is 0 Å². The smallest absolute Gasteiger partial charge is 0.330 e. The van der Waals surface area contributed by atoms with E-state index in [9.17, 15) is 4.79 Å². The van der Waals surface area contributed by atoms with E-state index in [1.807, 2.05) is 0 Å². The van der Waals surface area contributed by atoms with Crippen molar-refractivity contribution in [3.63, 3.8) is 0 Å². The number of esters is 1. The van der Waals surface area contributed by atoms with Gasteiger partial charge in [-0.15, -0.1) is 0 Å². The highest BCUT2D eigenvalue weighted by atomic mass is 35.5. The molecule has 0 fully saturated rings. The first-order valence-corrected chi connectivity index (χ1v) is 4.55. The van der Waals surface area contributed by atoms with E-state index in [1.54, 1.807) is 26.2 Å². The molecular formula is C9H11ClN2O2. The molecule has 0 radical (unpaired) electrons. The van der Waals surface area contributed by atoms with Crippen LogP contribution in [0.1, 0.15) is 12.5 Å². The highest BCUT2D eigenvalue weighted by Crippen LogP contribution is 2.15. The van der Waals surface area contributed by atoms with Gasteiger partial charge >= 0.3 is 5.97 Å². The summed E-state index contributed by atoms with van der Waals surface area (Å²) >= 11 is 5.87. The molecule has 1 aromatic heterocycles. The van der Waals surface area contributed by atoms with Crippen LogP contribution in [0.15, 0.2) is 12.3 Å². The lowest BCUT2D eigenvalue weighted by molar-refractivity contribution is -0.137. The standard InChI is InChI=1S/C9H11ClN2O2/c1-3-14-8(13)5-4-7-6-11-12(2)9(7)10/h4-6H,3H2,1-2H3/b5-4+. The van der Waals surface area contributed by atoms with Crippen LogP contribution in [0, 0.1) is 0 Å². The lowest BCUT2D eigenvalue weighted by Crippen LogP contribution is -1.98. The number of hydrogen-bond donors (Lipinski definition) is 0. The normalized spacial score (nSPS) is 10.8. The number of aryl methyl sites for hydroxylation is 1. The van der Waals surface area contributed by atoms with Crippen molar-refractivity contribution in [3.05, 3.63) is 23.0 Å². The number of carbonyl (C=O) groups is 1. The number of aromatic nitrogens is 2. The molecule has 0 atom stereocenters. The summed E-state index contributed by atoms with van der Waals surface area (Å²) in [5.41, 5.74) is 0.696. The summed E-state index contributed by atoms with van der Waals surface area (Å²) < 4.78 is 6.23. The van der Waals surface area contributed by atoms with Gasteiger partial charge in [-0.3, -0.25) is 4.68 Å². The molecule has 0 saturated heterocycles. The number of halogens is 1. The molecule has 0 aliphatic carbocycles. The van der Waals surface area contributed by atoms with E-state index in [1.165, 1.54) is 10.8 Å². The minimum atomic E-state index is -0.382. The second-order valence-corrected chi connectivity index (χ2v) is 2.96. The zero-order valence-electron chi connectivity index (χ0n) is 8.03. The molecule has 0 aliphatic rings. The molecule has 0 unspecified atom stereocenters. The zero-order valence-corrected chi connectivity index (χ0v) is 8.78. The van der Waals surface area contributed by atoms with Gasteiger partial charge in [0.15, 0.2) is 0 Å². The van der Waals surface area contributed by atoms with Crippen LogP contribution in [0.2, 0.25) is 5.15 Å². The van der Waals surface area contributed by atoms with E-state index in [-0.39, 0.29) is 5.97 Å². The van der Waals surface area contributed by atoms with Gasteiger partial charge in [0, 0.05) is 18.7 Å². The molecule has 1 aromatic rings. The summed E-state index contributed by atoms with van der Waals surface area (Å²) in [5.74, 6) is -0.382. The average Bonchev–Trinajstić information content (AvgIpc) is 2.46. The van der Waals surface area contributed by atoms with Crippen molar-refractivity contribution in [2.24, 2.45) is 7.05 Å². The quantitative estimate of drug-likeness (QED) is 0.568. The van der Waals surface area contributed by atoms with Crippen LogP contribution in [0.3, 0.4) is 0 Å². The van der Waals surface area contributed by atoms with E-state index >= 15 is 0 Å². The topological polar surface area (TPSA) is 44.1 Å². The number of carbonyl (C=O) groups excluding carboxylic acids is 1. The molecule has 0 N–H and O–H groups in total. The van der Waals surface area contributed by atoms with Gasteiger partial charge in [-0.2, -0.15) is 5.10 Å². The Morgan fingerprint density at radius 2 is 2.50 bits per heavy atom. The molecule has 1 heterocycles. The molecule has 1 rings (SSSR count). The van der Waals surface area contributed by atoms with Crippen molar-refractivity contribution in [2.75, 3.05) is 6.61 Å². The number of hydrogen-bond acceptors (Lipinski definition) is 3. The third-order valence-corrected chi connectivity index (χ3v) is 2.04. The Bertz CT molecular complexity index is 358. The Hall–Kier alpha value is -1.29. The van der Waals surface area contributed by atoms with Gasteiger partial charge in [-0.05, 0) is 13.0 Å². The summed E-state index contributed by atoms with van der Waals surface area (Å²) in [6, 6.07) is 0. The first-order valence-electron chi connectivity index (χ1n) is 4.17. The fourth-order valence-electron chi connectivity index (χ4n) is 0.900. The first-order chi connectivity index (χ1) is 6.65. The molecule has 76 valence electrons. The van der Waals surface area contributed by atoms with Crippen molar-refractivity contribution in [1.82, 2.24) is 9.78 Å². The van der Waals surface area contributed by atoms with Gasteiger partial charge < -0.3 is 4.74 Å². The van der Waals surface area contributed by atoms with E-state index in [0.29, 0.717) is 17.3 Å². The lowest BCUT2D eigenvalue weighted by atomic mass is 10.3. The fourth-order valence-corrected chi connectivity index (χ4v) is 1.06. The first kappa shape index (κ1) is 10.8. The summed E-state index contributed by atoms with van der Waals surface area (Å²) in [5, 5.41) is 4.41. The summed E-state index contributed by atoms with van der Waals surface area (Å²) in [6.07, 6.45) is 4.48. The third-order valence-electron chi connectivity index (χ3n) is 1.58. The van der Waals surface area contributed by atoms with E-state index in [2.05, 4.69) is 5.10 Å². The Labute approximate surface area is 87.1 Å². The number of ether oxygens (including phenoxy) is 1. The second kappa shape index (κ2) is 4.81. The predicted molar refractivity (Wildman–Crippen MR) is 53.9 cm³/mol. The van der Waals surface area contributed by atoms with Crippen molar-refractivity contribution < 1.29 is 9.53 Å². The molecule has 5 heteroatoms. The Morgan fingerprint density at radius 3 is 3.00 bits per heavy atom. The predicted octanol–water partition coefficient (Wildman–Crippen LogP) is 1.65. The molecule has 14 heavy (non-hydrogen) atoms. The van der Waals surface area contributed by atoms with Crippen LogP contribution in [0.5, 0.6) is 0 Å². The molecule has 0 spiro atoms. The maximum absolute atomic E-state index is 11.0. The van der Waals surface area contributed by atoms with Crippen molar-refractivity contribution in [3.8, 4) is 0 Å². The minimum absolute atomic E-state index is 0.365. The Balaban J connectivity index is 2.69. The Morgan fingerprint density at radius 1 is 1.79 bits per heavy atom. The summed E-state index contributed by atoms with van der Waals surface area (Å²) in [4.78, 5) is 11.0. The maximum atomic E-state index is 11.0. The monoisotopic (exact) mass is 214 g/mol. The van der Waals surface area contributed by atoms with Crippen molar-refractivity contribution >= 4 is 23.6 Å². The van der Waals surface area contributed by atoms with Crippen molar-refractivity contribution in [2.45, 2.75) is 6.92 Å². The van der Waals surface area contributed by atoms with Gasteiger partial charge in [0.05, 0.1) is 12.8 Å². The average molecular weight is 215 g/mol. The zero-order chi connectivity index (χ0) is 10.6. The fraction of sp³-hybridized carbons (Fsp3) is 0.333. The minimum Gasteiger partial charge on any atom is -0.463 e. The number of rotatable bonds is 3. The van der Waals surface area contributed by atoms with Crippen LogP contribution in [0.25, 0.3) is 6.08 Å². The van der Waals surface area contributed by atoms with Crippen LogP contribution in [0.4, 0.5) is 0 Å². The van der Waals surface area contributed by atoms with Gasteiger partial charge in [0.2, 0.25) is 0 Å². The highest BCUT2D eigenvalue weighted by molar-refractivity contribution is 6.31. The largest absolute Gasteiger partial charge is 0.463 e. The molecule has 0 saturated carbocycles. The van der Waals surface area contributed by atoms with Crippen LogP contribution in [-0.4, -0.2) is 22.4 Å². The molecule has 0 aromatic carbocycles. The SMILES string of the molecule is CCOC(=O)/C=C/c1cnn(C)c1Cl.